The SMILES string of the molecule is CCCC(O)CS.CCCCCC(C)O. The van der Waals surface area contributed by atoms with Crippen LogP contribution in [0.5, 0.6) is 0 Å². The molecule has 0 fully saturated rings. The Bertz CT molecular complexity index is 108. The number of rotatable bonds is 7. The zero-order valence-corrected chi connectivity index (χ0v) is 11.3. The number of aliphatic hydroxyl groups excluding tert-OH is 2. The molecule has 0 amide bonds. The molecule has 2 nitrogen and oxygen atoms in total. The van der Waals surface area contributed by atoms with Gasteiger partial charge in [-0.15, -0.1) is 0 Å². The molecule has 0 aromatic rings. The van der Waals surface area contributed by atoms with Gasteiger partial charge in [-0.05, 0) is 19.8 Å². The first-order chi connectivity index (χ1) is 7.08. The third-order valence-corrected chi connectivity index (χ3v) is 2.48. The van der Waals surface area contributed by atoms with E-state index in [0.29, 0.717) is 5.75 Å². The fraction of sp³-hybridized carbons (Fsp3) is 1.00. The highest BCUT2D eigenvalue weighted by atomic mass is 32.1. The highest BCUT2D eigenvalue weighted by Gasteiger charge is 1.95. The largest absolute Gasteiger partial charge is 0.393 e. The standard InChI is InChI=1S/C7H16O.C5H12OS/c1-3-4-5-6-7(2)8;1-2-3-5(6)4-7/h7-8H,3-6H2,1-2H3;5-7H,2-4H2,1H3. The predicted molar refractivity (Wildman–Crippen MR) is 70.6 cm³/mol. The van der Waals surface area contributed by atoms with Crippen LogP contribution in [0.4, 0.5) is 0 Å². The van der Waals surface area contributed by atoms with Gasteiger partial charge in [-0.1, -0.05) is 39.5 Å². The van der Waals surface area contributed by atoms with Crippen LogP contribution in [0.1, 0.15) is 59.3 Å². The molecule has 2 N–H and O–H groups in total. The zero-order chi connectivity index (χ0) is 12.1. The van der Waals surface area contributed by atoms with Crippen molar-refractivity contribution in [1.29, 1.82) is 0 Å². The number of unbranched alkanes of at least 4 members (excludes halogenated alkanes) is 2. The van der Waals surface area contributed by atoms with Crippen LogP contribution in [0.2, 0.25) is 0 Å². The third kappa shape index (κ3) is 20.4. The number of aliphatic hydroxyl groups is 2. The van der Waals surface area contributed by atoms with Crippen LogP contribution in [0, 0.1) is 0 Å². The average molecular weight is 236 g/mol. The van der Waals surface area contributed by atoms with E-state index >= 15 is 0 Å². The first-order valence-corrected chi connectivity index (χ1v) is 6.68. The van der Waals surface area contributed by atoms with Crippen molar-refractivity contribution < 1.29 is 10.2 Å². The van der Waals surface area contributed by atoms with Crippen molar-refractivity contribution in [2.75, 3.05) is 5.75 Å². The van der Waals surface area contributed by atoms with Crippen LogP contribution in [-0.4, -0.2) is 28.2 Å². The predicted octanol–water partition coefficient (Wildman–Crippen LogP) is 3.02. The summed E-state index contributed by atoms with van der Waals surface area (Å²) in [4.78, 5) is 0. The van der Waals surface area contributed by atoms with Crippen molar-refractivity contribution in [3.63, 3.8) is 0 Å². The smallest absolute Gasteiger partial charge is 0.0628 e. The lowest BCUT2D eigenvalue weighted by Gasteiger charge is -2.01. The van der Waals surface area contributed by atoms with Gasteiger partial charge in [0.15, 0.2) is 0 Å². The summed E-state index contributed by atoms with van der Waals surface area (Å²) in [6.45, 7) is 6.06. The molecule has 94 valence electrons. The third-order valence-electron chi connectivity index (χ3n) is 2.06. The minimum atomic E-state index is -0.187. The molecule has 0 aliphatic rings. The van der Waals surface area contributed by atoms with E-state index in [4.69, 9.17) is 10.2 Å². The van der Waals surface area contributed by atoms with Crippen LogP contribution in [0.15, 0.2) is 0 Å². The lowest BCUT2D eigenvalue weighted by Crippen LogP contribution is -2.06. The zero-order valence-electron chi connectivity index (χ0n) is 10.4. The van der Waals surface area contributed by atoms with Crippen LogP contribution in [-0.2, 0) is 0 Å². The van der Waals surface area contributed by atoms with Gasteiger partial charge in [-0.3, -0.25) is 0 Å². The van der Waals surface area contributed by atoms with E-state index in [0.717, 1.165) is 19.3 Å². The van der Waals surface area contributed by atoms with E-state index in [-0.39, 0.29) is 12.2 Å². The maximum atomic E-state index is 8.78. The molecule has 15 heavy (non-hydrogen) atoms. The molecule has 0 saturated heterocycles. The Morgan fingerprint density at radius 2 is 1.60 bits per heavy atom. The summed E-state index contributed by atoms with van der Waals surface area (Å²) in [6, 6.07) is 0. The van der Waals surface area contributed by atoms with E-state index in [1.54, 1.807) is 0 Å². The van der Waals surface area contributed by atoms with Gasteiger partial charge < -0.3 is 10.2 Å². The minimum absolute atomic E-state index is 0.0958. The van der Waals surface area contributed by atoms with Gasteiger partial charge in [-0.25, -0.2) is 0 Å². The van der Waals surface area contributed by atoms with Crippen molar-refractivity contribution in [3.8, 4) is 0 Å². The van der Waals surface area contributed by atoms with Gasteiger partial charge in [0.05, 0.1) is 12.2 Å². The molecule has 0 aromatic carbocycles. The second-order valence-electron chi connectivity index (χ2n) is 3.97. The summed E-state index contributed by atoms with van der Waals surface area (Å²) in [7, 11) is 0. The molecular formula is C12H28O2S. The molecule has 0 aliphatic heterocycles. The molecule has 3 heteroatoms. The summed E-state index contributed by atoms with van der Waals surface area (Å²) >= 11 is 3.90. The summed E-state index contributed by atoms with van der Waals surface area (Å²) in [6.07, 6.45) is 6.28. The Labute approximate surface area is 101 Å². The molecular weight excluding hydrogens is 208 g/mol. The number of hydrogen-bond acceptors (Lipinski definition) is 3. The molecule has 0 saturated carbocycles. The molecule has 0 heterocycles. The van der Waals surface area contributed by atoms with E-state index in [1.807, 2.05) is 13.8 Å². The van der Waals surface area contributed by atoms with E-state index < -0.39 is 0 Å². The van der Waals surface area contributed by atoms with Crippen molar-refractivity contribution in [2.45, 2.75) is 71.5 Å². The highest BCUT2D eigenvalue weighted by molar-refractivity contribution is 7.80. The number of thiol groups is 1. The highest BCUT2D eigenvalue weighted by Crippen LogP contribution is 2.01. The Morgan fingerprint density at radius 1 is 1.00 bits per heavy atom. The monoisotopic (exact) mass is 236 g/mol. The van der Waals surface area contributed by atoms with E-state index in [1.165, 1.54) is 19.3 Å². The molecule has 0 rings (SSSR count). The van der Waals surface area contributed by atoms with E-state index in [9.17, 15) is 0 Å². The first-order valence-electron chi connectivity index (χ1n) is 6.05. The summed E-state index contributed by atoms with van der Waals surface area (Å²) in [5.41, 5.74) is 0. The van der Waals surface area contributed by atoms with Gasteiger partial charge in [0.25, 0.3) is 0 Å². The van der Waals surface area contributed by atoms with Crippen LogP contribution >= 0.6 is 12.6 Å². The first kappa shape index (κ1) is 17.7. The second kappa shape index (κ2) is 14.3. The molecule has 2 unspecified atom stereocenters. The molecule has 0 radical (unpaired) electrons. The summed E-state index contributed by atoms with van der Waals surface area (Å²) in [5.74, 6) is 0.591. The van der Waals surface area contributed by atoms with Gasteiger partial charge in [0.1, 0.15) is 0 Å². The molecule has 0 aromatic heterocycles. The summed E-state index contributed by atoms with van der Waals surface area (Å²) < 4.78 is 0. The lowest BCUT2D eigenvalue weighted by molar-refractivity contribution is 0.180. The summed E-state index contributed by atoms with van der Waals surface area (Å²) in [5, 5.41) is 17.6. The lowest BCUT2D eigenvalue weighted by atomic mass is 10.1. The molecule has 2 atom stereocenters. The van der Waals surface area contributed by atoms with Crippen molar-refractivity contribution >= 4 is 12.6 Å². The van der Waals surface area contributed by atoms with Gasteiger partial charge >= 0.3 is 0 Å². The Balaban J connectivity index is 0. The Kier molecular flexibility index (Phi) is 16.8. The van der Waals surface area contributed by atoms with Gasteiger partial charge in [-0.2, -0.15) is 12.6 Å². The van der Waals surface area contributed by atoms with Gasteiger partial charge in [0, 0.05) is 5.75 Å². The molecule has 0 bridgehead atoms. The van der Waals surface area contributed by atoms with Crippen molar-refractivity contribution in [2.24, 2.45) is 0 Å². The Morgan fingerprint density at radius 3 is 1.87 bits per heavy atom. The molecule has 0 spiro atoms. The van der Waals surface area contributed by atoms with Crippen molar-refractivity contribution in [1.82, 2.24) is 0 Å². The van der Waals surface area contributed by atoms with Crippen LogP contribution in [0.25, 0.3) is 0 Å². The van der Waals surface area contributed by atoms with Crippen molar-refractivity contribution in [3.05, 3.63) is 0 Å². The van der Waals surface area contributed by atoms with Gasteiger partial charge in [0.2, 0.25) is 0 Å². The quantitative estimate of drug-likeness (QED) is 0.470. The Hall–Kier alpha value is 0.270. The molecule has 0 aliphatic carbocycles. The van der Waals surface area contributed by atoms with Crippen LogP contribution in [0.3, 0.4) is 0 Å². The second-order valence-corrected chi connectivity index (χ2v) is 4.34. The minimum Gasteiger partial charge on any atom is -0.393 e. The van der Waals surface area contributed by atoms with Crippen LogP contribution < -0.4 is 0 Å². The maximum absolute atomic E-state index is 8.78. The maximum Gasteiger partial charge on any atom is 0.0628 e. The normalized spacial score (nSPS) is 14.0. The fourth-order valence-corrected chi connectivity index (χ4v) is 1.30. The fourth-order valence-electron chi connectivity index (χ4n) is 1.11. The average Bonchev–Trinajstić information content (AvgIpc) is 2.19. The topological polar surface area (TPSA) is 40.5 Å². The number of hydrogen-bond donors (Lipinski definition) is 3. The van der Waals surface area contributed by atoms with E-state index in [2.05, 4.69) is 19.6 Å².